The number of nitrogens with zero attached hydrogens (tertiary/aromatic N) is 2. The van der Waals surface area contributed by atoms with E-state index in [9.17, 15) is 19.6 Å². The average Bonchev–Trinajstić information content (AvgIpc) is 2.58. The summed E-state index contributed by atoms with van der Waals surface area (Å²) in [4.78, 5) is 39.4. The number of aryl methyl sites for hydroxylation is 1. The second-order valence-corrected chi connectivity index (χ2v) is 8.47. The van der Waals surface area contributed by atoms with Gasteiger partial charge in [-0.3, -0.25) is 9.59 Å². The summed E-state index contributed by atoms with van der Waals surface area (Å²) in [6, 6.07) is 7.00. The summed E-state index contributed by atoms with van der Waals surface area (Å²) in [5.41, 5.74) is 0.779. The summed E-state index contributed by atoms with van der Waals surface area (Å²) in [5.74, 6) is -0.962. The summed E-state index contributed by atoms with van der Waals surface area (Å²) in [6.45, 7) is 11.8. The molecule has 0 fully saturated rings. The highest BCUT2D eigenvalue weighted by Crippen LogP contribution is 2.23. The first-order chi connectivity index (χ1) is 13.9. The SMILES string of the molecule is Cc1cccc(C(C(=O)NC(C)C)N(CC#N)C(=O)C(C)NC(=O)OC(C)(C)C)c1. The third kappa shape index (κ3) is 7.74. The third-order valence-corrected chi connectivity index (χ3v) is 3.98. The molecule has 0 saturated carbocycles. The van der Waals surface area contributed by atoms with Gasteiger partial charge in [-0.1, -0.05) is 29.8 Å². The van der Waals surface area contributed by atoms with E-state index in [0.717, 1.165) is 5.56 Å². The van der Waals surface area contributed by atoms with Crippen LogP contribution in [0.15, 0.2) is 24.3 Å². The number of amides is 3. The molecule has 8 heteroatoms. The maximum absolute atomic E-state index is 13.1. The molecule has 0 aliphatic heterocycles. The first kappa shape index (κ1) is 25.0. The van der Waals surface area contributed by atoms with E-state index >= 15 is 0 Å². The zero-order valence-electron chi connectivity index (χ0n) is 18.8. The smallest absolute Gasteiger partial charge is 0.408 e. The largest absolute Gasteiger partial charge is 0.444 e. The minimum Gasteiger partial charge on any atom is -0.444 e. The number of alkyl carbamates (subject to hydrolysis) is 1. The first-order valence-electron chi connectivity index (χ1n) is 9.89. The van der Waals surface area contributed by atoms with Crippen molar-refractivity contribution < 1.29 is 19.1 Å². The lowest BCUT2D eigenvalue weighted by Gasteiger charge is -2.32. The Labute approximate surface area is 178 Å². The molecule has 8 nitrogen and oxygen atoms in total. The van der Waals surface area contributed by atoms with Crippen LogP contribution >= 0.6 is 0 Å². The second-order valence-electron chi connectivity index (χ2n) is 8.47. The highest BCUT2D eigenvalue weighted by atomic mass is 16.6. The number of benzene rings is 1. The maximum atomic E-state index is 13.1. The van der Waals surface area contributed by atoms with Gasteiger partial charge in [0.2, 0.25) is 11.8 Å². The molecule has 1 rings (SSSR count). The van der Waals surface area contributed by atoms with Gasteiger partial charge in [0.25, 0.3) is 0 Å². The van der Waals surface area contributed by atoms with Gasteiger partial charge >= 0.3 is 6.09 Å². The van der Waals surface area contributed by atoms with E-state index in [1.165, 1.54) is 11.8 Å². The van der Waals surface area contributed by atoms with Crippen molar-refractivity contribution in [1.29, 1.82) is 5.26 Å². The number of carbonyl (C=O) groups excluding carboxylic acids is 3. The highest BCUT2D eigenvalue weighted by molar-refractivity contribution is 5.92. The topological polar surface area (TPSA) is 112 Å². The summed E-state index contributed by atoms with van der Waals surface area (Å²) in [7, 11) is 0. The van der Waals surface area contributed by atoms with Crippen LogP contribution < -0.4 is 10.6 Å². The third-order valence-electron chi connectivity index (χ3n) is 3.98. The Bertz CT molecular complexity index is 808. The summed E-state index contributed by atoms with van der Waals surface area (Å²) in [5, 5.41) is 14.6. The fraction of sp³-hybridized carbons (Fsp3) is 0.545. The minimum atomic E-state index is -1.01. The fourth-order valence-corrected chi connectivity index (χ4v) is 2.84. The molecule has 0 heterocycles. The van der Waals surface area contributed by atoms with Gasteiger partial charge in [-0.15, -0.1) is 0 Å². The van der Waals surface area contributed by atoms with Gasteiger partial charge in [-0.05, 0) is 54.0 Å². The standard InChI is InChI=1S/C22H32N4O4/c1-14(2)24-19(27)18(17-10-8-9-15(3)13-17)26(12-11-23)20(28)16(4)25-21(29)30-22(5,6)7/h8-10,13-14,16,18H,12H2,1-7H3,(H,24,27)(H,25,29). The van der Waals surface area contributed by atoms with Crippen LogP contribution in [0.5, 0.6) is 0 Å². The molecule has 2 unspecified atom stereocenters. The van der Waals surface area contributed by atoms with Crippen molar-refractivity contribution in [3.05, 3.63) is 35.4 Å². The number of hydrogen-bond donors (Lipinski definition) is 2. The van der Waals surface area contributed by atoms with Gasteiger partial charge in [0.1, 0.15) is 24.2 Å². The molecular formula is C22H32N4O4. The van der Waals surface area contributed by atoms with Crippen molar-refractivity contribution in [2.24, 2.45) is 0 Å². The Balaban J connectivity index is 3.23. The predicted molar refractivity (Wildman–Crippen MR) is 113 cm³/mol. The summed E-state index contributed by atoms with van der Waals surface area (Å²) >= 11 is 0. The molecular weight excluding hydrogens is 384 g/mol. The van der Waals surface area contributed by atoms with Crippen LogP contribution in [0.2, 0.25) is 0 Å². The second kappa shape index (κ2) is 10.6. The lowest BCUT2D eigenvalue weighted by Crippen LogP contribution is -2.52. The summed E-state index contributed by atoms with van der Waals surface area (Å²) in [6.07, 6.45) is -0.751. The van der Waals surface area contributed by atoms with Crippen molar-refractivity contribution in [1.82, 2.24) is 15.5 Å². The van der Waals surface area contributed by atoms with Gasteiger partial charge in [0.05, 0.1) is 6.07 Å². The molecule has 30 heavy (non-hydrogen) atoms. The van der Waals surface area contributed by atoms with E-state index in [-0.39, 0.29) is 12.6 Å². The Morgan fingerprint density at radius 1 is 1.17 bits per heavy atom. The number of nitriles is 1. The minimum absolute atomic E-state index is 0.152. The molecule has 0 bridgehead atoms. The zero-order chi connectivity index (χ0) is 23.1. The predicted octanol–water partition coefficient (Wildman–Crippen LogP) is 2.83. The van der Waals surface area contributed by atoms with E-state index in [1.54, 1.807) is 39.0 Å². The quantitative estimate of drug-likeness (QED) is 0.664. The van der Waals surface area contributed by atoms with Crippen molar-refractivity contribution in [3.8, 4) is 6.07 Å². The Hall–Kier alpha value is -3.08. The van der Waals surface area contributed by atoms with E-state index < -0.39 is 35.6 Å². The number of hydrogen-bond acceptors (Lipinski definition) is 5. The van der Waals surface area contributed by atoms with Gasteiger partial charge in [-0.25, -0.2) is 4.79 Å². The number of ether oxygens (including phenoxy) is 1. The molecule has 2 N–H and O–H groups in total. The first-order valence-corrected chi connectivity index (χ1v) is 9.89. The summed E-state index contributed by atoms with van der Waals surface area (Å²) < 4.78 is 5.19. The highest BCUT2D eigenvalue weighted by Gasteiger charge is 2.34. The van der Waals surface area contributed by atoms with Crippen molar-refractivity contribution in [2.45, 2.75) is 72.2 Å². The molecule has 1 aromatic rings. The van der Waals surface area contributed by atoms with Gasteiger partial charge in [-0.2, -0.15) is 5.26 Å². The van der Waals surface area contributed by atoms with Gasteiger partial charge in [0, 0.05) is 6.04 Å². The van der Waals surface area contributed by atoms with Gasteiger partial charge in [0.15, 0.2) is 0 Å². The van der Waals surface area contributed by atoms with Crippen LogP contribution in [0.3, 0.4) is 0 Å². The Morgan fingerprint density at radius 2 is 1.80 bits per heavy atom. The zero-order valence-corrected chi connectivity index (χ0v) is 18.8. The van der Waals surface area contributed by atoms with Crippen molar-refractivity contribution >= 4 is 17.9 Å². The lowest BCUT2D eigenvalue weighted by molar-refractivity contribution is -0.141. The van der Waals surface area contributed by atoms with E-state index in [2.05, 4.69) is 10.6 Å². The molecule has 0 spiro atoms. The molecule has 1 aromatic carbocycles. The van der Waals surface area contributed by atoms with Crippen LogP contribution in [-0.4, -0.2) is 47.0 Å². The molecule has 0 aromatic heterocycles. The Morgan fingerprint density at radius 3 is 2.30 bits per heavy atom. The van der Waals surface area contributed by atoms with Crippen LogP contribution in [0, 0.1) is 18.3 Å². The molecule has 0 radical (unpaired) electrons. The number of carbonyl (C=O) groups is 3. The molecule has 0 aliphatic carbocycles. The number of rotatable bonds is 7. The van der Waals surface area contributed by atoms with Crippen LogP contribution in [0.25, 0.3) is 0 Å². The molecule has 0 saturated heterocycles. The lowest BCUT2D eigenvalue weighted by atomic mass is 10.0. The molecule has 2 atom stereocenters. The molecule has 164 valence electrons. The average molecular weight is 417 g/mol. The molecule has 0 aliphatic rings. The van der Waals surface area contributed by atoms with Crippen LogP contribution in [-0.2, 0) is 14.3 Å². The van der Waals surface area contributed by atoms with Gasteiger partial charge < -0.3 is 20.3 Å². The monoisotopic (exact) mass is 416 g/mol. The van der Waals surface area contributed by atoms with Crippen molar-refractivity contribution in [3.63, 3.8) is 0 Å². The Kier molecular flexibility index (Phi) is 8.84. The fourth-order valence-electron chi connectivity index (χ4n) is 2.84. The normalized spacial score (nSPS) is 13.0. The molecule has 3 amide bonds. The van der Waals surface area contributed by atoms with E-state index in [1.807, 2.05) is 32.9 Å². The van der Waals surface area contributed by atoms with Crippen molar-refractivity contribution in [2.75, 3.05) is 6.54 Å². The van der Waals surface area contributed by atoms with Crippen LogP contribution in [0.1, 0.15) is 58.7 Å². The van der Waals surface area contributed by atoms with E-state index in [4.69, 9.17) is 4.74 Å². The van der Waals surface area contributed by atoms with Crippen LogP contribution in [0.4, 0.5) is 4.79 Å². The number of nitrogens with one attached hydrogen (secondary N) is 2. The van der Waals surface area contributed by atoms with E-state index in [0.29, 0.717) is 5.56 Å². The maximum Gasteiger partial charge on any atom is 0.408 e.